The fraction of sp³-hybridized carbons (Fsp3) is 0.200. The fourth-order valence-corrected chi connectivity index (χ4v) is 0.976. The molecule has 0 aliphatic heterocycles. The summed E-state index contributed by atoms with van der Waals surface area (Å²) in [6.45, 7) is 5.08. The Bertz CT molecular complexity index is 314. The third-order valence-corrected chi connectivity index (χ3v) is 1.71. The van der Waals surface area contributed by atoms with Crippen molar-refractivity contribution in [2.24, 2.45) is 0 Å². The molecule has 0 N–H and O–H groups in total. The van der Waals surface area contributed by atoms with Crippen LogP contribution in [0.5, 0.6) is 0 Å². The molecule has 1 aliphatic rings. The lowest BCUT2D eigenvalue weighted by Gasteiger charge is -2.09. The van der Waals surface area contributed by atoms with E-state index in [1.807, 2.05) is 0 Å². The van der Waals surface area contributed by atoms with E-state index in [-0.39, 0.29) is 5.57 Å². The van der Waals surface area contributed by atoms with Gasteiger partial charge in [-0.15, -0.1) is 0 Å². The number of hydrogen-bond acceptors (Lipinski definition) is 0. The van der Waals surface area contributed by atoms with Crippen molar-refractivity contribution in [3.63, 3.8) is 0 Å². The number of allylic oxidation sites excluding steroid dienone is 7. The first-order chi connectivity index (χ1) is 5.91. The van der Waals surface area contributed by atoms with Gasteiger partial charge in [0.25, 0.3) is 0 Å². The second-order valence-corrected chi connectivity index (χ2v) is 2.85. The van der Waals surface area contributed by atoms with Crippen LogP contribution in [0, 0.1) is 0 Å². The van der Waals surface area contributed by atoms with Gasteiger partial charge in [-0.2, -0.15) is 13.2 Å². The molecule has 0 unspecified atom stereocenters. The average Bonchev–Trinajstić information content (AvgIpc) is 2.12. The minimum absolute atomic E-state index is 0.000556. The Morgan fingerprint density at radius 2 is 1.77 bits per heavy atom. The zero-order valence-electron chi connectivity index (χ0n) is 7.15. The second-order valence-electron chi connectivity index (χ2n) is 2.85. The van der Waals surface area contributed by atoms with Crippen molar-refractivity contribution >= 4 is 0 Å². The summed E-state index contributed by atoms with van der Waals surface area (Å²) < 4.78 is 36.9. The molecule has 70 valence electrons. The maximum absolute atomic E-state index is 12.3. The van der Waals surface area contributed by atoms with Crippen LogP contribution in [0.25, 0.3) is 0 Å². The van der Waals surface area contributed by atoms with Gasteiger partial charge in [-0.3, -0.25) is 0 Å². The van der Waals surface area contributed by atoms with E-state index in [1.54, 1.807) is 13.0 Å². The van der Waals surface area contributed by atoms with E-state index < -0.39 is 11.7 Å². The largest absolute Gasteiger partial charge is 0.416 e. The quantitative estimate of drug-likeness (QED) is 0.542. The van der Waals surface area contributed by atoms with E-state index in [1.165, 1.54) is 12.2 Å². The van der Waals surface area contributed by atoms with Crippen LogP contribution in [0.1, 0.15) is 6.92 Å². The molecule has 1 rings (SSSR count). The lowest BCUT2D eigenvalue weighted by Crippen LogP contribution is -2.12. The maximum Gasteiger partial charge on any atom is 0.416 e. The molecule has 13 heavy (non-hydrogen) atoms. The zero-order valence-corrected chi connectivity index (χ0v) is 7.15. The Hall–Kier alpha value is -1.25. The standard InChI is InChI=1S/C10H9F3/c1-7-3-5-8(2)9(6-4-7)10(11,12)13/h3-6H,2H2,1H3. The Morgan fingerprint density at radius 1 is 1.15 bits per heavy atom. The van der Waals surface area contributed by atoms with Crippen LogP contribution in [0.2, 0.25) is 0 Å². The van der Waals surface area contributed by atoms with Gasteiger partial charge < -0.3 is 0 Å². The van der Waals surface area contributed by atoms with Gasteiger partial charge in [0.05, 0.1) is 5.57 Å². The highest BCUT2D eigenvalue weighted by molar-refractivity contribution is 5.47. The van der Waals surface area contributed by atoms with Crippen molar-refractivity contribution in [2.45, 2.75) is 13.1 Å². The van der Waals surface area contributed by atoms with Gasteiger partial charge in [0, 0.05) is 0 Å². The van der Waals surface area contributed by atoms with Crippen LogP contribution < -0.4 is 0 Å². The van der Waals surface area contributed by atoms with Crippen molar-refractivity contribution < 1.29 is 13.2 Å². The smallest absolute Gasteiger partial charge is 0.166 e. The Kier molecular flexibility index (Phi) is 2.45. The Morgan fingerprint density at radius 3 is 2.31 bits per heavy atom. The van der Waals surface area contributed by atoms with Crippen molar-refractivity contribution in [2.75, 3.05) is 0 Å². The van der Waals surface area contributed by atoms with Crippen molar-refractivity contribution in [3.05, 3.63) is 47.6 Å². The number of halogens is 3. The van der Waals surface area contributed by atoms with E-state index in [2.05, 4.69) is 6.58 Å². The van der Waals surface area contributed by atoms with Gasteiger partial charge >= 0.3 is 6.18 Å². The molecule has 0 heterocycles. The SMILES string of the molecule is C=C1C=CC(C)=CC=C1C(F)(F)F. The summed E-state index contributed by atoms with van der Waals surface area (Å²) in [7, 11) is 0. The minimum Gasteiger partial charge on any atom is -0.166 e. The molecule has 0 bridgehead atoms. The maximum atomic E-state index is 12.3. The van der Waals surface area contributed by atoms with E-state index in [4.69, 9.17) is 0 Å². The highest BCUT2D eigenvalue weighted by atomic mass is 19.4. The predicted octanol–water partition coefficient (Wildman–Crippen LogP) is 3.55. The normalized spacial score (nSPS) is 18.0. The second kappa shape index (κ2) is 3.24. The highest BCUT2D eigenvalue weighted by Gasteiger charge is 2.34. The van der Waals surface area contributed by atoms with E-state index in [9.17, 15) is 13.2 Å². The number of hydrogen-bond donors (Lipinski definition) is 0. The molecule has 0 aromatic rings. The van der Waals surface area contributed by atoms with Crippen LogP contribution in [0.3, 0.4) is 0 Å². The van der Waals surface area contributed by atoms with Gasteiger partial charge in [-0.25, -0.2) is 0 Å². The van der Waals surface area contributed by atoms with Crippen LogP contribution in [0.4, 0.5) is 13.2 Å². The van der Waals surface area contributed by atoms with E-state index in [0.29, 0.717) is 0 Å². The summed E-state index contributed by atoms with van der Waals surface area (Å²) in [6.07, 6.45) is 1.15. The van der Waals surface area contributed by atoms with Crippen molar-refractivity contribution in [1.29, 1.82) is 0 Å². The molecule has 0 amide bonds. The topological polar surface area (TPSA) is 0 Å². The first-order valence-electron chi connectivity index (χ1n) is 3.74. The molecule has 0 radical (unpaired) electrons. The average molecular weight is 186 g/mol. The van der Waals surface area contributed by atoms with Gasteiger partial charge in [0.15, 0.2) is 0 Å². The summed E-state index contributed by atoms with van der Waals surface area (Å²) in [5, 5.41) is 0. The Balaban J connectivity index is 3.11. The summed E-state index contributed by atoms with van der Waals surface area (Å²) in [5.74, 6) is 0. The molecular formula is C10H9F3. The first kappa shape index (κ1) is 9.84. The number of alkyl halides is 3. The first-order valence-corrected chi connectivity index (χ1v) is 3.74. The van der Waals surface area contributed by atoms with Crippen LogP contribution in [-0.2, 0) is 0 Å². The van der Waals surface area contributed by atoms with Gasteiger partial charge in [-0.1, -0.05) is 30.4 Å². The molecule has 3 heteroatoms. The zero-order chi connectivity index (χ0) is 10.1. The summed E-state index contributed by atoms with van der Waals surface area (Å²) in [5.41, 5.74) is 0.0987. The highest BCUT2D eigenvalue weighted by Crippen LogP contribution is 2.32. The molecule has 0 atom stereocenters. The van der Waals surface area contributed by atoms with Crippen molar-refractivity contribution in [1.82, 2.24) is 0 Å². The van der Waals surface area contributed by atoms with Gasteiger partial charge in [0.1, 0.15) is 0 Å². The van der Waals surface area contributed by atoms with Crippen LogP contribution >= 0.6 is 0 Å². The van der Waals surface area contributed by atoms with Crippen LogP contribution in [0.15, 0.2) is 47.6 Å². The summed E-state index contributed by atoms with van der Waals surface area (Å²) in [4.78, 5) is 0. The Labute approximate surface area is 74.8 Å². The third kappa shape index (κ3) is 2.34. The minimum atomic E-state index is -4.32. The molecular weight excluding hydrogens is 177 g/mol. The van der Waals surface area contributed by atoms with Gasteiger partial charge in [-0.05, 0) is 18.6 Å². The summed E-state index contributed by atoms with van der Waals surface area (Å²) >= 11 is 0. The monoisotopic (exact) mass is 186 g/mol. The molecule has 0 nitrogen and oxygen atoms in total. The predicted molar refractivity (Wildman–Crippen MR) is 46.2 cm³/mol. The third-order valence-electron chi connectivity index (χ3n) is 1.71. The molecule has 0 saturated heterocycles. The molecule has 1 aliphatic carbocycles. The lowest BCUT2D eigenvalue weighted by molar-refractivity contribution is -0.0889. The van der Waals surface area contributed by atoms with Crippen LogP contribution in [-0.4, -0.2) is 6.18 Å². The van der Waals surface area contributed by atoms with E-state index in [0.717, 1.165) is 11.6 Å². The van der Waals surface area contributed by atoms with E-state index >= 15 is 0 Å². The lowest BCUT2D eigenvalue weighted by atomic mass is 10.1. The molecule has 0 aromatic heterocycles. The summed E-state index contributed by atoms with van der Waals surface area (Å²) in [6, 6.07) is 0. The number of rotatable bonds is 0. The molecule has 0 saturated carbocycles. The van der Waals surface area contributed by atoms with Gasteiger partial charge in [0.2, 0.25) is 0 Å². The van der Waals surface area contributed by atoms with Crippen molar-refractivity contribution in [3.8, 4) is 0 Å². The molecule has 0 spiro atoms. The molecule has 0 aromatic carbocycles. The molecule has 0 fully saturated rings. The fourth-order valence-electron chi connectivity index (χ4n) is 0.976.